The third-order valence-corrected chi connectivity index (χ3v) is 2.50. The van der Waals surface area contributed by atoms with Gasteiger partial charge >= 0.3 is 6.18 Å². The quantitative estimate of drug-likeness (QED) is 0.858. The lowest BCUT2D eigenvalue weighted by Gasteiger charge is -2.09. The van der Waals surface area contributed by atoms with E-state index in [1.54, 1.807) is 24.5 Å². The van der Waals surface area contributed by atoms with Crippen molar-refractivity contribution in [1.82, 2.24) is 15.3 Å². The van der Waals surface area contributed by atoms with Gasteiger partial charge in [0.05, 0.1) is 6.54 Å². The van der Waals surface area contributed by atoms with Gasteiger partial charge in [0, 0.05) is 18.9 Å². The summed E-state index contributed by atoms with van der Waals surface area (Å²) < 4.78 is 40.6. The second-order valence-corrected chi connectivity index (χ2v) is 4.19. The minimum Gasteiger partial charge on any atom is -0.484 e. The lowest BCUT2D eigenvalue weighted by atomic mass is 10.2. The molecule has 2 N–H and O–H groups in total. The lowest BCUT2D eigenvalue weighted by molar-refractivity contribution is -0.153. The Bertz CT molecular complexity index is 509. The summed E-state index contributed by atoms with van der Waals surface area (Å²) in [4.78, 5) is 7.03. The molecule has 0 amide bonds. The molecule has 1 aromatic carbocycles. The Kier molecular flexibility index (Phi) is 4.62. The molecule has 0 bridgehead atoms. The number of nitrogens with zero attached hydrogens (tertiary/aromatic N) is 1. The summed E-state index contributed by atoms with van der Waals surface area (Å²) in [5, 5.41) is 3.17. The SMILES string of the molecule is FC(F)(F)COc1ccc(CNCc2ncc[nH]2)cc1. The van der Waals surface area contributed by atoms with E-state index in [0.717, 1.165) is 11.4 Å². The number of benzene rings is 1. The predicted molar refractivity (Wildman–Crippen MR) is 67.1 cm³/mol. The molecule has 108 valence electrons. The van der Waals surface area contributed by atoms with Gasteiger partial charge in [0.15, 0.2) is 6.61 Å². The van der Waals surface area contributed by atoms with E-state index in [2.05, 4.69) is 20.0 Å². The highest BCUT2D eigenvalue weighted by atomic mass is 19.4. The van der Waals surface area contributed by atoms with Gasteiger partial charge in [-0.2, -0.15) is 13.2 Å². The molecule has 2 aromatic rings. The van der Waals surface area contributed by atoms with E-state index in [9.17, 15) is 13.2 Å². The zero-order chi connectivity index (χ0) is 14.4. The van der Waals surface area contributed by atoms with E-state index in [4.69, 9.17) is 0 Å². The number of aromatic amines is 1. The average Bonchev–Trinajstić information content (AvgIpc) is 2.90. The fourth-order valence-electron chi connectivity index (χ4n) is 1.59. The minimum atomic E-state index is -4.32. The summed E-state index contributed by atoms with van der Waals surface area (Å²) in [6.07, 6.45) is -0.906. The molecule has 7 heteroatoms. The van der Waals surface area contributed by atoms with Crippen molar-refractivity contribution in [2.45, 2.75) is 19.3 Å². The Hall–Kier alpha value is -2.02. The van der Waals surface area contributed by atoms with Crippen LogP contribution in [0.4, 0.5) is 13.2 Å². The van der Waals surface area contributed by atoms with E-state index in [1.165, 1.54) is 12.1 Å². The summed E-state index contributed by atoms with van der Waals surface area (Å²) >= 11 is 0. The smallest absolute Gasteiger partial charge is 0.422 e. The van der Waals surface area contributed by atoms with Crippen molar-refractivity contribution >= 4 is 0 Å². The Morgan fingerprint density at radius 3 is 2.50 bits per heavy atom. The van der Waals surface area contributed by atoms with E-state index in [1.807, 2.05) is 0 Å². The highest BCUT2D eigenvalue weighted by Gasteiger charge is 2.28. The normalized spacial score (nSPS) is 11.6. The lowest BCUT2D eigenvalue weighted by Crippen LogP contribution is -2.19. The first-order valence-electron chi connectivity index (χ1n) is 6.00. The van der Waals surface area contributed by atoms with Crippen LogP contribution >= 0.6 is 0 Å². The topological polar surface area (TPSA) is 49.9 Å². The largest absolute Gasteiger partial charge is 0.484 e. The molecule has 0 radical (unpaired) electrons. The molecule has 0 atom stereocenters. The van der Waals surface area contributed by atoms with Crippen LogP contribution in [0.3, 0.4) is 0 Å². The number of ether oxygens (including phenoxy) is 1. The number of hydrogen-bond acceptors (Lipinski definition) is 3. The Morgan fingerprint density at radius 2 is 1.90 bits per heavy atom. The maximum atomic E-state index is 12.0. The Morgan fingerprint density at radius 1 is 1.15 bits per heavy atom. The number of halogens is 3. The van der Waals surface area contributed by atoms with Gasteiger partial charge in [-0.1, -0.05) is 12.1 Å². The van der Waals surface area contributed by atoms with Crippen LogP contribution in [0.1, 0.15) is 11.4 Å². The second-order valence-electron chi connectivity index (χ2n) is 4.19. The van der Waals surface area contributed by atoms with Crippen LogP contribution in [0.2, 0.25) is 0 Å². The molecule has 0 saturated heterocycles. The van der Waals surface area contributed by atoms with Gasteiger partial charge in [0.25, 0.3) is 0 Å². The standard InChI is InChI=1S/C13H14F3N3O/c14-13(15,16)9-20-11-3-1-10(2-4-11)7-17-8-12-18-5-6-19-12/h1-6,17H,7-9H2,(H,18,19). The van der Waals surface area contributed by atoms with Crippen LogP contribution in [-0.2, 0) is 13.1 Å². The number of nitrogens with one attached hydrogen (secondary N) is 2. The molecule has 0 aliphatic rings. The summed E-state index contributed by atoms with van der Waals surface area (Å²) in [5.74, 6) is 1.03. The van der Waals surface area contributed by atoms with Crippen LogP contribution < -0.4 is 10.1 Å². The van der Waals surface area contributed by atoms with Crippen molar-refractivity contribution in [2.75, 3.05) is 6.61 Å². The fraction of sp³-hybridized carbons (Fsp3) is 0.308. The highest BCUT2D eigenvalue weighted by molar-refractivity contribution is 5.27. The third kappa shape index (κ3) is 4.93. The van der Waals surface area contributed by atoms with Gasteiger partial charge in [0.1, 0.15) is 11.6 Å². The van der Waals surface area contributed by atoms with Gasteiger partial charge in [-0.25, -0.2) is 4.98 Å². The van der Waals surface area contributed by atoms with Crippen molar-refractivity contribution < 1.29 is 17.9 Å². The number of hydrogen-bond donors (Lipinski definition) is 2. The van der Waals surface area contributed by atoms with Crippen LogP contribution in [0, 0.1) is 0 Å². The first-order chi connectivity index (χ1) is 9.53. The molecular weight excluding hydrogens is 271 g/mol. The van der Waals surface area contributed by atoms with Crippen LogP contribution in [0.5, 0.6) is 5.75 Å². The molecule has 0 aliphatic heterocycles. The second kappa shape index (κ2) is 6.42. The van der Waals surface area contributed by atoms with E-state index < -0.39 is 12.8 Å². The van der Waals surface area contributed by atoms with Crippen molar-refractivity contribution in [3.8, 4) is 5.75 Å². The zero-order valence-electron chi connectivity index (χ0n) is 10.6. The zero-order valence-corrected chi connectivity index (χ0v) is 10.6. The summed E-state index contributed by atoms with van der Waals surface area (Å²) in [7, 11) is 0. The maximum absolute atomic E-state index is 12.0. The van der Waals surface area contributed by atoms with Crippen molar-refractivity contribution in [2.24, 2.45) is 0 Å². The molecule has 2 rings (SSSR count). The van der Waals surface area contributed by atoms with Crippen LogP contribution in [-0.4, -0.2) is 22.8 Å². The van der Waals surface area contributed by atoms with Crippen LogP contribution in [0.15, 0.2) is 36.7 Å². The predicted octanol–water partition coefficient (Wildman–Crippen LogP) is 2.64. The molecule has 0 aliphatic carbocycles. The first-order valence-corrected chi connectivity index (χ1v) is 6.00. The molecule has 0 spiro atoms. The molecule has 0 fully saturated rings. The van der Waals surface area contributed by atoms with E-state index >= 15 is 0 Å². The van der Waals surface area contributed by atoms with Crippen molar-refractivity contribution in [1.29, 1.82) is 0 Å². The third-order valence-electron chi connectivity index (χ3n) is 2.50. The summed E-state index contributed by atoms with van der Waals surface area (Å²) in [5.41, 5.74) is 0.955. The van der Waals surface area contributed by atoms with E-state index in [-0.39, 0.29) is 5.75 Å². The van der Waals surface area contributed by atoms with Gasteiger partial charge in [-0.15, -0.1) is 0 Å². The Balaban J connectivity index is 1.76. The number of alkyl halides is 3. The molecule has 4 nitrogen and oxygen atoms in total. The molecule has 0 unspecified atom stereocenters. The number of rotatable bonds is 6. The summed E-state index contributed by atoms with van der Waals surface area (Å²) in [6.45, 7) is -0.0807. The fourth-order valence-corrected chi connectivity index (χ4v) is 1.59. The average molecular weight is 285 g/mol. The van der Waals surface area contributed by atoms with Crippen molar-refractivity contribution in [3.05, 3.63) is 48.0 Å². The molecule has 20 heavy (non-hydrogen) atoms. The first kappa shape index (κ1) is 14.4. The minimum absolute atomic E-state index is 0.206. The number of H-pyrrole nitrogens is 1. The molecule has 1 heterocycles. The van der Waals surface area contributed by atoms with Gasteiger partial charge in [-0.3, -0.25) is 0 Å². The highest BCUT2D eigenvalue weighted by Crippen LogP contribution is 2.18. The van der Waals surface area contributed by atoms with Gasteiger partial charge in [-0.05, 0) is 17.7 Å². The van der Waals surface area contributed by atoms with Gasteiger partial charge in [0.2, 0.25) is 0 Å². The van der Waals surface area contributed by atoms with Gasteiger partial charge < -0.3 is 15.0 Å². The Labute approximate surface area is 114 Å². The van der Waals surface area contributed by atoms with E-state index in [0.29, 0.717) is 13.1 Å². The summed E-state index contributed by atoms with van der Waals surface area (Å²) in [6, 6.07) is 6.49. The molecular formula is C13H14F3N3O. The maximum Gasteiger partial charge on any atom is 0.422 e. The molecule has 1 aromatic heterocycles. The van der Waals surface area contributed by atoms with Crippen molar-refractivity contribution in [3.63, 3.8) is 0 Å². The van der Waals surface area contributed by atoms with Crippen LogP contribution in [0.25, 0.3) is 0 Å². The molecule has 0 saturated carbocycles. The number of imidazole rings is 1. The monoisotopic (exact) mass is 285 g/mol. The number of aromatic nitrogens is 2.